The van der Waals surface area contributed by atoms with Crippen molar-refractivity contribution in [1.29, 1.82) is 0 Å². The summed E-state index contributed by atoms with van der Waals surface area (Å²) in [7, 11) is -1.44. The maximum absolute atomic E-state index is 8.96. The van der Waals surface area contributed by atoms with Gasteiger partial charge in [-0.05, 0) is 38.7 Å². The average Bonchev–Trinajstić information content (AvgIpc) is 2.25. The molecule has 0 amide bonds. The molecule has 0 aliphatic carbocycles. The second kappa shape index (κ2) is 5.34. The van der Waals surface area contributed by atoms with Gasteiger partial charge in [0.1, 0.15) is 5.60 Å². The van der Waals surface area contributed by atoms with Crippen LogP contribution in [0.4, 0.5) is 0 Å². The molecular weight excluding hydrogens is 217 g/mol. The summed E-state index contributed by atoms with van der Waals surface area (Å²) in [5.74, 6) is 0. The van der Waals surface area contributed by atoms with Crippen LogP contribution in [0.1, 0.15) is 33.3 Å². The fraction of sp³-hybridized carbons (Fsp3) is 0.417. The molecule has 1 rings (SSSR count). The van der Waals surface area contributed by atoms with Crippen LogP contribution < -0.4 is 5.46 Å². The van der Waals surface area contributed by atoms with Crippen molar-refractivity contribution in [3.05, 3.63) is 29.8 Å². The van der Waals surface area contributed by atoms with Crippen LogP contribution in [0.15, 0.2) is 29.4 Å². The van der Waals surface area contributed by atoms with Gasteiger partial charge in [-0.1, -0.05) is 29.4 Å². The lowest BCUT2D eigenvalue weighted by molar-refractivity contribution is 0.000955. The van der Waals surface area contributed by atoms with Crippen LogP contribution in [0.3, 0.4) is 0 Å². The molecule has 0 bridgehead atoms. The number of hydrogen-bond donors (Lipinski definition) is 2. The Kier molecular flexibility index (Phi) is 4.31. The van der Waals surface area contributed by atoms with E-state index < -0.39 is 7.12 Å². The van der Waals surface area contributed by atoms with E-state index in [1.807, 2.05) is 27.7 Å². The Morgan fingerprint density at radius 3 is 2.12 bits per heavy atom. The second-order valence-electron chi connectivity index (χ2n) is 4.88. The van der Waals surface area contributed by atoms with Crippen molar-refractivity contribution in [3.63, 3.8) is 0 Å². The highest BCUT2D eigenvalue weighted by atomic mass is 16.6. The van der Waals surface area contributed by atoms with Gasteiger partial charge >= 0.3 is 7.12 Å². The largest absolute Gasteiger partial charge is 0.488 e. The van der Waals surface area contributed by atoms with Crippen LogP contribution in [-0.2, 0) is 4.84 Å². The van der Waals surface area contributed by atoms with Crippen molar-refractivity contribution >= 4 is 18.3 Å². The molecule has 17 heavy (non-hydrogen) atoms. The minimum Gasteiger partial charge on any atom is -0.423 e. The van der Waals surface area contributed by atoms with Gasteiger partial charge in [0.05, 0.1) is 5.71 Å². The molecule has 4 nitrogen and oxygen atoms in total. The highest BCUT2D eigenvalue weighted by molar-refractivity contribution is 6.58. The molecule has 0 atom stereocenters. The van der Waals surface area contributed by atoms with Gasteiger partial charge in [-0.15, -0.1) is 0 Å². The minimum atomic E-state index is -1.44. The first-order chi connectivity index (χ1) is 7.79. The topological polar surface area (TPSA) is 62.0 Å². The highest BCUT2D eigenvalue weighted by Gasteiger charge is 2.12. The number of hydrogen-bond acceptors (Lipinski definition) is 4. The normalized spacial score (nSPS) is 12.5. The average molecular weight is 235 g/mol. The number of rotatable bonds is 3. The van der Waals surface area contributed by atoms with E-state index in [0.717, 1.165) is 11.3 Å². The van der Waals surface area contributed by atoms with Crippen molar-refractivity contribution in [3.8, 4) is 0 Å². The van der Waals surface area contributed by atoms with E-state index in [-0.39, 0.29) is 5.60 Å². The van der Waals surface area contributed by atoms with Gasteiger partial charge in [-0.25, -0.2) is 0 Å². The van der Waals surface area contributed by atoms with Crippen LogP contribution in [-0.4, -0.2) is 28.5 Å². The van der Waals surface area contributed by atoms with E-state index >= 15 is 0 Å². The maximum atomic E-state index is 8.96. The molecule has 0 spiro atoms. The van der Waals surface area contributed by atoms with Crippen molar-refractivity contribution in [1.82, 2.24) is 0 Å². The lowest BCUT2D eigenvalue weighted by Gasteiger charge is -2.16. The first kappa shape index (κ1) is 13.7. The zero-order valence-electron chi connectivity index (χ0n) is 10.6. The molecule has 0 aliphatic rings. The molecule has 1 aromatic rings. The van der Waals surface area contributed by atoms with Crippen molar-refractivity contribution in [2.45, 2.75) is 33.3 Å². The van der Waals surface area contributed by atoms with Gasteiger partial charge in [-0.2, -0.15) is 0 Å². The van der Waals surface area contributed by atoms with Gasteiger partial charge in [0.25, 0.3) is 0 Å². The summed E-state index contributed by atoms with van der Waals surface area (Å²) in [4.78, 5) is 5.31. The predicted octanol–water partition coefficient (Wildman–Crippen LogP) is 0.905. The molecular formula is C12H18BNO3. The monoisotopic (exact) mass is 235 g/mol. The van der Waals surface area contributed by atoms with Crippen LogP contribution >= 0.6 is 0 Å². The summed E-state index contributed by atoms with van der Waals surface area (Å²) in [6.45, 7) is 7.62. The first-order valence-electron chi connectivity index (χ1n) is 5.49. The summed E-state index contributed by atoms with van der Waals surface area (Å²) in [6.07, 6.45) is 0. The third kappa shape index (κ3) is 4.59. The third-order valence-corrected chi connectivity index (χ3v) is 2.08. The summed E-state index contributed by atoms with van der Waals surface area (Å²) < 4.78 is 0. The molecule has 0 aromatic heterocycles. The lowest BCUT2D eigenvalue weighted by Crippen LogP contribution is -2.29. The quantitative estimate of drug-likeness (QED) is 0.465. The zero-order chi connectivity index (χ0) is 13.1. The molecule has 0 unspecified atom stereocenters. The molecule has 0 aliphatic heterocycles. The molecule has 92 valence electrons. The third-order valence-electron chi connectivity index (χ3n) is 2.08. The maximum Gasteiger partial charge on any atom is 0.488 e. The van der Waals surface area contributed by atoms with E-state index in [2.05, 4.69) is 5.16 Å². The standard InChI is InChI=1S/C12H18BNO3/c1-9(14-17-12(2,3)4)10-5-7-11(8-6-10)13(15)16/h5-8,15-16H,1-4H3. The molecule has 0 saturated heterocycles. The van der Waals surface area contributed by atoms with Crippen LogP contribution in [0.5, 0.6) is 0 Å². The Labute approximate surface area is 102 Å². The smallest absolute Gasteiger partial charge is 0.423 e. The SMILES string of the molecule is CC(=NOC(C)(C)C)c1ccc(B(O)O)cc1. The summed E-state index contributed by atoms with van der Waals surface area (Å²) in [6, 6.07) is 6.85. The summed E-state index contributed by atoms with van der Waals surface area (Å²) >= 11 is 0. The van der Waals surface area contributed by atoms with Crippen molar-refractivity contribution < 1.29 is 14.9 Å². The number of nitrogens with zero attached hydrogens (tertiary/aromatic N) is 1. The fourth-order valence-electron chi connectivity index (χ4n) is 1.15. The predicted molar refractivity (Wildman–Crippen MR) is 69.3 cm³/mol. The first-order valence-corrected chi connectivity index (χ1v) is 5.49. The van der Waals surface area contributed by atoms with E-state index in [4.69, 9.17) is 14.9 Å². The van der Waals surface area contributed by atoms with Crippen molar-refractivity contribution in [2.24, 2.45) is 5.16 Å². The zero-order valence-corrected chi connectivity index (χ0v) is 10.6. The number of oxime groups is 1. The molecule has 2 N–H and O–H groups in total. The summed E-state index contributed by atoms with van der Waals surface area (Å²) in [5.41, 5.74) is 1.78. The van der Waals surface area contributed by atoms with E-state index in [1.54, 1.807) is 24.3 Å². The minimum absolute atomic E-state index is 0.317. The molecule has 1 aromatic carbocycles. The van der Waals surface area contributed by atoms with E-state index in [0.29, 0.717) is 5.46 Å². The van der Waals surface area contributed by atoms with Gasteiger partial charge in [0.2, 0.25) is 0 Å². The molecule has 0 radical (unpaired) electrons. The van der Waals surface area contributed by atoms with Gasteiger partial charge in [0.15, 0.2) is 0 Å². The summed E-state index contributed by atoms with van der Waals surface area (Å²) in [5, 5.41) is 22.0. The Bertz CT molecular complexity index is 393. The van der Waals surface area contributed by atoms with Gasteiger partial charge in [-0.3, -0.25) is 0 Å². The van der Waals surface area contributed by atoms with Gasteiger partial charge in [0, 0.05) is 0 Å². The number of benzene rings is 1. The highest BCUT2D eigenvalue weighted by Crippen LogP contribution is 2.09. The van der Waals surface area contributed by atoms with Crippen LogP contribution in [0.2, 0.25) is 0 Å². The Morgan fingerprint density at radius 2 is 1.71 bits per heavy atom. The van der Waals surface area contributed by atoms with Crippen molar-refractivity contribution in [2.75, 3.05) is 0 Å². The van der Waals surface area contributed by atoms with E-state index in [1.165, 1.54) is 0 Å². The van der Waals surface area contributed by atoms with Gasteiger partial charge < -0.3 is 14.9 Å². The van der Waals surface area contributed by atoms with E-state index in [9.17, 15) is 0 Å². The second-order valence-corrected chi connectivity index (χ2v) is 4.88. The molecule has 0 fully saturated rings. The lowest BCUT2D eigenvalue weighted by atomic mass is 9.80. The fourth-order valence-corrected chi connectivity index (χ4v) is 1.15. The Morgan fingerprint density at radius 1 is 1.18 bits per heavy atom. The Hall–Kier alpha value is -1.33. The molecule has 0 heterocycles. The molecule has 0 saturated carbocycles. The Balaban J connectivity index is 2.79. The van der Waals surface area contributed by atoms with Crippen LogP contribution in [0.25, 0.3) is 0 Å². The van der Waals surface area contributed by atoms with Crippen LogP contribution in [0, 0.1) is 0 Å². The molecule has 5 heteroatoms.